The van der Waals surface area contributed by atoms with Gasteiger partial charge in [-0.3, -0.25) is 9.48 Å². The molecule has 0 unspecified atom stereocenters. The third-order valence-electron chi connectivity index (χ3n) is 4.33. The van der Waals surface area contributed by atoms with Gasteiger partial charge in [0.15, 0.2) is 5.82 Å². The number of carbonyl (C=O) groups excluding carboxylic acids is 1. The molecule has 0 aliphatic heterocycles. The average Bonchev–Trinajstić information content (AvgIpc) is 2.99. The Labute approximate surface area is 139 Å². The van der Waals surface area contributed by atoms with Crippen LogP contribution in [0.4, 0.5) is 11.5 Å². The molecule has 1 aliphatic rings. The van der Waals surface area contributed by atoms with Gasteiger partial charge in [0.2, 0.25) is 0 Å². The first-order chi connectivity index (χ1) is 11.6. The van der Waals surface area contributed by atoms with E-state index < -0.39 is 18.1 Å². The number of amides is 1. The van der Waals surface area contributed by atoms with Crippen molar-refractivity contribution in [2.75, 3.05) is 5.32 Å². The Morgan fingerprint density at radius 3 is 2.79 bits per heavy atom. The smallest absolute Gasteiger partial charge is 0.254 e. The van der Waals surface area contributed by atoms with Crippen LogP contribution in [0.2, 0.25) is 0 Å². The Balaban J connectivity index is 1.96. The third-order valence-corrected chi connectivity index (χ3v) is 4.33. The number of benzene rings is 1. The maximum Gasteiger partial charge on any atom is 0.254 e. The summed E-state index contributed by atoms with van der Waals surface area (Å²) in [6.07, 6.45) is 2.95. The van der Waals surface area contributed by atoms with Crippen molar-refractivity contribution in [1.29, 1.82) is 5.26 Å². The lowest BCUT2D eigenvalue weighted by Gasteiger charge is -2.31. The Kier molecular flexibility index (Phi) is 4.49. The van der Waals surface area contributed by atoms with Crippen LogP contribution in [-0.2, 0) is 0 Å². The van der Waals surface area contributed by atoms with Crippen LogP contribution in [0.5, 0.6) is 0 Å². The summed E-state index contributed by atoms with van der Waals surface area (Å²) in [6.45, 7) is 0. The predicted octanol–water partition coefficient (Wildman–Crippen LogP) is 1.95. The van der Waals surface area contributed by atoms with Gasteiger partial charge in [-0.15, -0.1) is 0 Å². The first-order valence-corrected chi connectivity index (χ1v) is 7.89. The van der Waals surface area contributed by atoms with Gasteiger partial charge in [-0.05, 0) is 31.4 Å². The lowest BCUT2D eigenvalue weighted by atomic mass is 9.83. The molecule has 1 aliphatic carbocycles. The van der Waals surface area contributed by atoms with Crippen LogP contribution in [0, 0.1) is 17.2 Å². The van der Waals surface area contributed by atoms with Crippen molar-refractivity contribution in [2.24, 2.45) is 11.7 Å². The molecule has 1 heterocycles. The maximum atomic E-state index is 11.7. The molecule has 7 nitrogen and oxygen atoms in total. The van der Waals surface area contributed by atoms with E-state index >= 15 is 0 Å². The van der Waals surface area contributed by atoms with Crippen LogP contribution in [-0.4, -0.2) is 26.9 Å². The molecule has 1 aromatic carbocycles. The van der Waals surface area contributed by atoms with E-state index in [1.807, 2.05) is 30.3 Å². The van der Waals surface area contributed by atoms with Gasteiger partial charge in [0.25, 0.3) is 5.91 Å². The van der Waals surface area contributed by atoms with Gasteiger partial charge in [-0.25, -0.2) is 0 Å². The number of anilines is 2. The summed E-state index contributed by atoms with van der Waals surface area (Å²) in [6, 6.07) is 11.0. The standard InChI is InChI=1S/C17H19N5O2/c18-9-11-5-4-8-14(23)15(11)22-10-13(16(19)24)17(21-22)20-12-6-2-1-3-7-12/h1-3,6-7,10-11,14-15,23H,4-5,8H2,(H2,19,24)(H,20,21)/t11-,14+,15+/m0/s1. The Bertz CT molecular complexity index is 765. The summed E-state index contributed by atoms with van der Waals surface area (Å²) in [5.74, 6) is -0.638. The molecular weight excluding hydrogens is 306 g/mol. The number of para-hydroxylation sites is 1. The molecule has 1 saturated carbocycles. The number of nitriles is 1. The molecule has 1 aromatic heterocycles. The van der Waals surface area contributed by atoms with Crippen molar-refractivity contribution in [3.63, 3.8) is 0 Å². The summed E-state index contributed by atoms with van der Waals surface area (Å²) in [5.41, 5.74) is 6.45. The molecule has 1 amide bonds. The minimum Gasteiger partial charge on any atom is -0.391 e. The SMILES string of the molecule is N#C[C@@H]1CCC[C@@H](O)[C@@H]1n1cc(C(N)=O)c(Nc2ccccc2)n1. The molecule has 4 N–H and O–H groups in total. The first-order valence-electron chi connectivity index (χ1n) is 7.89. The van der Waals surface area contributed by atoms with E-state index in [2.05, 4.69) is 16.5 Å². The molecular formula is C17H19N5O2. The fraction of sp³-hybridized carbons (Fsp3) is 0.353. The predicted molar refractivity (Wildman–Crippen MR) is 88.5 cm³/mol. The lowest BCUT2D eigenvalue weighted by Crippen LogP contribution is -2.34. The molecule has 0 spiro atoms. The van der Waals surface area contributed by atoms with Crippen molar-refractivity contribution < 1.29 is 9.90 Å². The third kappa shape index (κ3) is 3.09. The second-order valence-corrected chi connectivity index (χ2v) is 5.95. The number of hydrogen-bond donors (Lipinski definition) is 3. The monoisotopic (exact) mass is 325 g/mol. The zero-order chi connectivity index (χ0) is 17.1. The van der Waals surface area contributed by atoms with Gasteiger partial charge in [0.1, 0.15) is 5.56 Å². The summed E-state index contributed by atoms with van der Waals surface area (Å²) < 4.78 is 1.50. The number of aliphatic hydroxyl groups excluding tert-OH is 1. The van der Waals surface area contributed by atoms with Gasteiger partial charge < -0.3 is 16.2 Å². The Morgan fingerprint density at radius 2 is 2.12 bits per heavy atom. The van der Waals surface area contributed by atoms with E-state index in [1.165, 1.54) is 10.9 Å². The number of carbonyl (C=O) groups is 1. The van der Waals surface area contributed by atoms with Crippen molar-refractivity contribution >= 4 is 17.4 Å². The summed E-state index contributed by atoms with van der Waals surface area (Å²) >= 11 is 0. The minimum absolute atomic E-state index is 0.230. The highest BCUT2D eigenvalue weighted by Gasteiger charge is 2.35. The van der Waals surface area contributed by atoms with Gasteiger partial charge >= 0.3 is 0 Å². The van der Waals surface area contributed by atoms with Crippen LogP contribution in [0.25, 0.3) is 0 Å². The fourth-order valence-electron chi connectivity index (χ4n) is 3.13. The number of nitrogens with two attached hydrogens (primary N) is 1. The van der Waals surface area contributed by atoms with Gasteiger partial charge in [0.05, 0.1) is 24.1 Å². The van der Waals surface area contributed by atoms with E-state index in [0.29, 0.717) is 18.7 Å². The molecule has 0 bridgehead atoms. The van der Waals surface area contributed by atoms with Crippen molar-refractivity contribution in [1.82, 2.24) is 9.78 Å². The molecule has 3 rings (SSSR count). The largest absolute Gasteiger partial charge is 0.391 e. The number of hydrogen-bond acceptors (Lipinski definition) is 5. The summed E-state index contributed by atoms with van der Waals surface area (Å²) in [4.78, 5) is 11.7. The Hall–Kier alpha value is -2.85. The first kappa shape index (κ1) is 16.0. The second-order valence-electron chi connectivity index (χ2n) is 5.95. The molecule has 0 radical (unpaired) electrons. The van der Waals surface area contributed by atoms with Crippen LogP contribution in [0.15, 0.2) is 36.5 Å². The minimum atomic E-state index is -0.673. The molecule has 7 heteroatoms. The molecule has 24 heavy (non-hydrogen) atoms. The number of aliphatic hydroxyl groups is 1. The molecule has 3 atom stereocenters. The quantitative estimate of drug-likeness (QED) is 0.794. The van der Waals surface area contributed by atoms with E-state index in [0.717, 1.165) is 12.1 Å². The lowest BCUT2D eigenvalue weighted by molar-refractivity contribution is 0.0494. The van der Waals surface area contributed by atoms with E-state index in [1.54, 1.807) is 0 Å². The van der Waals surface area contributed by atoms with Crippen LogP contribution in [0.3, 0.4) is 0 Å². The molecule has 124 valence electrons. The Morgan fingerprint density at radius 1 is 1.38 bits per heavy atom. The van der Waals surface area contributed by atoms with Crippen LogP contribution >= 0.6 is 0 Å². The number of aromatic nitrogens is 2. The number of nitrogens with one attached hydrogen (secondary N) is 1. The second kappa shape index (κ2) is 6.72. The zero-order valence-electron chi connectivity index (χ0n) is 13.1. The molecule has 2 aromatic rings. The van der Waals surface area contributed by atoms with E-state index in [4.69, 9.17) is 5.73 Å². The molecule has 1 fully saturated rings. The average molecular weight is 325 g/mol. The van der Waals surface area contributed by atoms with E-state index in [-0.39, 0.29) is 11.5 Å². The van der Waals surface area contributed by atoms with Gasteiger partial charge in [0, 0.05) is 11.9 Å². The molecule has 0 saturated heterocycles. The highest BCUT2D eigenvalue weighted by atomic mass is 16.3. The normalized spacial score (nSPS) is 23.4. The summed E-state index contributed by atoms with van der Waals surface area (Å²) in [7, 11) is 0. The van der Waals surface area contributed by atoms with Crippen molar-refractivity contribution in [3.05, 3.63) is 42.1 Å². The van der Waals surface area contributed by atoms with Gasteiger partial charge in [-0.1, -0.05) is 18.2 Å². The number of nitrogens with zero attached hydrogens (tertiary/aromatic N) is 3. The van der Waals surface area contributed by atoms with Crippen LogP contribution < -0.4 is 11.1 Å². The maximum absolute atomic E-state index is 11.7. The highest BCUT2D eigenvalue weighted by molar-refractivity contribution is 5.98. The van der Waals surface area contributed by atoms with Gasteiger partial charge in [-0.2, -0.15) is 10.4 Å². The highest BCUT2D eigenvalue weighted by Crippen LogP contribution is 2.34. The zero-order valence-corrected chi connectivity index (χ0v) is 13.1. The van der Waals surface area contributed by atoms with Crippen molar-refractivity contribution in [3.8, 4) is 6.07 Å². The summed E-state index contributed by atoms with van der Waals surface area (Å²) in [5, 5.41) is 27.1. The van der Waals surface area contributed by atoms with Crippen molar-refractivity contribution in [2.45, 2.75) is 31.4 Å². The fourth-order valence-corrected chi connectivity index (χ4v) is 3.13. The number of rotatable bonds is 4. The number of primary amides is 1. The van der Waals surface area contributed by atoms with E-state index in [9.17, 15) is 15.2 Å². The topological polar surface area (TPSA) is 117 Å². The van der Waals surface area contributed by atoms with Crippen LogP contribution in [0.1, 0.15) is 35.7 Å².